The van der Waals surface area contributed by atoms with Crippen LogP contribution in [0.15, 0.2) is 36.4 Å². The number of aliphatic hydroxyl groups is 2. The third-order valence-corrected chi connectivity index (χ3v) is 7.54. The number of benzene rings is 1. The summed E-state index contributed by atoms with van der Waals surface area (Å²) < 4.78 is 0. The first kappa shape index (κ1) is 32.4. The summed E-state index contributed by atoms with van der Waals surface area (Å²) in [6, 6.07) is 7.06. The Bertz CT molecular complexity index is 903. The molecule has 39 heavy (non-hydrogen) atoms. The number of rotatable bonds is 20. The van der Waals surface area contributed by atoms with Gasteiger partial charge in [-0.3, -0.25) is 9.59 Å². The smallest absolute Gasteiger partial charge is 0.294 e. The summed E-state index contributed by atoms with van der Waals surface area (Å²) in [5, 5.41) is 33.2. The minimum Gasteiger partial charge on any atom is -0.393 e. The third kappa shape index (κ3) is 13.2. The van der Waals surface area contributed by atoms with Gasteiger partial charge in [0.2, 0.25) is 5.91 Å². The fourth-order valence-corrected chi connectivity index (χ4v) is 5.21. The topological polar surface area (TPSA) is 139 Å². The molecule has 9 heteroatoms. The van der Waals surface area contributed by atoms with Crippen molar-refractivity contribution in [3.8, 4) is 0 Å². The maximum atomic E-state index is 12.3. The molecule has 1 aromatic rings. The van der Waals surface area contributed by atoms with Gasteiger partial charge in [0, 0.05) is 25.8 Å². The second-order valence-electron chi connectivity index (χ2n) is 10.6. The molecule has 0 aliphatic heterocycles. The number of hydrogen-bond donors (Lipinski definition) is 3. The van der Waals surface area contributed by atoms with Crippen LogP contribution in [0.5, 0.6) is 0 Å². The first-order valence-electron chi connectivity index (χ1n) is 14.4. The fraction of sp³-hybridized carbons (Fsp3) is 0.667. The Balaban J connectivity index is 1.62. The first-order valence-corrected chi connectivity index (χ1v) is 14.4. The normalized spacial score (nSPS) is 20.8. The molecule has 3 N–H and O–H groups in total. The van der Waals surface area contributed by atoms with E-state index in [9.17, 15) is 29.9 Å². The second-order valence-corrected chi connectivity index (χ2v) is 10.6. The predicted molar refractivity (Wildman–Crippen MR) is 149 cm³/mol. The lowest BCUT2D eigenvalue weighted by Crippen LogP contribution is -2.22. The number of aliphatic hydroxyl groups excluding tert-OH is 2. The van der Waals surface area contributed by atoms with Gasteiger partial charge in [0.25, 0.3) is 5.09 Å². The molecule has 0 heterocycles. The molecule has 0 saturated heterocycles. The van der Waals surface area contributed by atoms with Crippen LogP contribution in [-0.4, -0.2) is 39.2 Å². The average Bonchev–Trinajstić information content (AvgIpc) is 3.18. The summed E-state index contributed by atoms with van der Waals surface area (Å²) in [6.45, 7) is 2.45. The minimum atomic E-state index is -0.829. The monoisotopic (exact) mass is 546 g/mol. The van der Waals surface area contributed by atoms with E-state index in [2.05, 4.69) is 17.1 Å². The van der Waals surface area contributed by atoms with Crippen LogP contribution in [-0.2, 0) is 27.6 Å². The molecule has 1 saturated carbocycles. The molecule has 1 fully saturated rings. The van der Waals surface area contributed by atoms with Crippen molar-refractivity contribution in [2.45, 2.75) is 116 Å². The van der Waals surface area contributed by atoms with E-state index in [-0.39, 0.29) is 30.1 Å². The van der Waals surface area contributed by atoms with E-state index in [1.807, 2.05) is 12.2 Å². The van der Waals surface area contributed by atoms with E-state index in [1.54, 1.807) is 24.3 Å². The second kappa shape index (κ2) is 18.5. The van der Waals surface area contributed by atoms with Gasteiger partial charge in [0.05, 0.1) is 12.2 Å². The van der Waals surface area contributed by atoms with Gasteiger partial charge in [0.1, 0.15) is 12.4 Å². The first-order chi connectivity index (χ1) is 18.8. The highest BCUT2D eigenvalue weighted by atomic mass is 16.9. The number of allylic oxidation sites excluding steroid dienone is 2. The van der Waals surface area contributed by atoms with E-state index in [4.69, 9.17) is 0 Å². The zero-order valence-electron chi connectivity index (χ0n) is 23.3. The number of unbranched alkanes of at least 4 members (excludes halogenated alkanes) is 5. The number of amides is 1. The Morgan fingerprint density at radius 3 is 2.38 bits per heavy atom. The van der Waals surface area contributed by atoms with Crippen LogP contribution in [0.25, 0.3) is 0 Å². The molecule has 4 atom stereocenters. The molecule has 218 valence electrons. The molecule has 0 unspecified atom stereocenters. The number of carbonyl (C=O) groups excluding carboxylic acids is 2. The Morgan fingerprint density at radius 2 is 1.67 bits per heavy atom. The highest BCUT2D eigenvalue weighted by molar-refractivity contribution is 5.78. The summed E-state index contributed by atoms with van der Waals surface area (Å²) in [4.78, 5) is 39.0. The molecule has 9 nitrogen and oxygen atoms in total. The van der Waals surface area contributed by atoms with Crippen LogP contribution < -0.4 is 5.32 Å². The molecule has 0 bridgehead atoms. The van der Waals surface area contributed by atoms with E-state index in [0.717, 1.165) is 24.8 Å². The zero-order valence-corrected chi connectivity index (χ0v) is 23.3. The van der Waals surface area contributed by atoms with E-state index in [0.29, 0.717) is 57.1 Å². The van der Waals surface area contributed by atoms with E-state index in [1.165, 1.54) is 19.3 Å². The van der Waals surface area contributed by atoms with Crippen LogP contribution >= 0.6 is 0 Å². The largest absolute Gasteiger partial charge is 0.393 e. The summed E-state index contributed by atoms with van der Waals surface area (Å²) in [6.07, 6.45) is 13.1. The van der Waals surface area contributed by atoms with E-state index < -0.39 is 17.3 Å². The summed E-state index contributed by atoms with van der Waals surface area (Å²) in [5.74, 6) is 0.101. The van der Waals surface area contributed by atoms with Crippen molar-refractivity contribution >= 4 is 11.7 Å². The van der Waals surface area contributed by atoms with Crippen molar-refractivity contribution < 1.29 is 29.7 Å². The Labute approximate surface area is 232 Å². The standard InChI is InChI=1S/C30H46N2O7/c1-2-3-4-5-8-11-25(33)18-19-27-26(28(34)20-29(27)35)12-9-6-7-10-13-30(36)31-21-23-14-16-24(17-15-23)22-39-32(37)38/h6,9,14-17,26-29,34-35H,2-5,7-8,10-13,18-22H2,1H3,(H,31,36)/b9-6-/t26-,27-,28+,29-/m1/s1. The third-order valence-electron chi connectivity index (χ3n) is 7.54. The van der Waals surface area contributed by atoms with Gasteiger partial charge in [0.15, 0.2) is 0 Å². The number of carbonyl (C=O) groups is 2. The molecule has 2 rings (SSSR count). The number of ketones is 1. The minimum absolute atomic E-state index is 0.0468. The van der Waals surface area contributed by atoms with Crippen LogP contribution in [0, 0.1) is 22.0 Å². The lowest BCUT2D eigenvalue weighted by atomic mass is 9.86. The van der Waals surface area contributed by atoms with Gasteiger partial charge in [-0.15, -0.1) is 10.1 Å². The van der Waals surface area contributed by atoms with Crippen LogP contribution in [0.1, 0.15) is 102 Å². The highest BCUT2D eigenvalue weighted by Gasteiger charge is 2.40. The zero-order chi connectivity index (χ0) is 28.5. The quantitative estimate of drug-likeness (QED) is 0.0884. The number of hydrogen-bond acceptors (Lipinski definition) is 7. The van der Waals surface area contributed by atoms with Gasteiger partial charge >= 0.3 is 0 Å². The van der Waals surface area contributed by atoms with Gasteiger partial charge < -0.3 is 20.4 Å². The van der Waals surface area contributed by atoms with E-state index >= 15 is 0 Å². The van der Waals surface area contributed by atoms with Crippen molar-refractivity contribution in [2.24, 2.45) is 11.8 Å². The number of nitrogens with one attached hydrogen (secondary N) is 1. The molecule has 1 aliphatic carbocycles. The SMILES string of the molecule is CCCCCCCC(=O)CC[C@@H]1[C@@H](C/C=C\CCCC(=O)NCc2ccc(CO[N+](=O)[O-])cc2)[C@@H](O)C[C@H]1O. The van der Waals surface area contributed by atoms with Gasteiger partial charge in [-0.05, 0) is 61.5 Å². The molecule has 1 aliphatic rings. The lowest BCUT2D eigenvalue weighted by molar-refractivity contribution is -0.763. The molecule has 1 aromatic carbocycles. The van der Waals surface area contributed by atoms with Gasteiger partial charge in [-0.2, -0.15) is 0 Å². The molecular weight excluding hydrogens is 500 g/mol. The van der Waals surface area contributed by atoms with Gasteiger partial charge in [-0.25, -0.2) is 0 Å². The summed E-state index contributed by atoms with van der Waals surface area (Å²) in [5.41, 5.74) is 1.58. The van der Waals surface area contributed by atoms with Crippen molar-refractivity contribution in [2.75, 3.05) is 0 Å². The van der Waals surface area contributed by atoms with Crippen molar-refractivity contribution in [3.05, 3.63) is 57.7 Å². The van der Waals surface area contributed by atoms with Gasteiger partial charge in [-0.1, -0.05) is 69.0 Å². The highest BCUT2D eigenvalue weighted by Crippen LogP contribution is 2.38. The Morgan fingerprint density at radius 1 is 0.974 bits per heavy atom. The Hall–Kier alpha value is -2.78. The molecule has 0 spiro atoms. The average molecular weight is 547 g/mol. The molecule has 1 amide bonds. The summed E-state index contributed by atoms with van der Waals surface area (Å²) in [7, 11) is 0. The number of Topliss-reactive ketones (excluding diaryl/α,β-unsaturated/α-hetero) is 1. The maximum absolute atomic E-state index is 12.3. The van der Waals surface area contributed by atoms with Crippen LogP contribution in [0.3, 0.4) is 0 Å². The Kier molecular flexibility index (Phi) is 15.4. The molecule has 0 radical (unpaired) electrons. The van der Waals surface area contributed by atoms with Crippen LogP contribution in [0.2, 0.25) is 0 Å². The van der Waals surface area contributed by atoms with Crippen molar-refractivity contribution in [1.29, 1.82) is 0 Å². The predicted octanol–water partition coefficient (Wildman–Crippen LogP) is 5.20. The number of nitrogens with zero attached hydrogens (tertiary/aromatic N) is 1. The van der Waals surface area contributed by atoms with Crippen molar-refractivity contribution in [3.63, 3.8) is 0 Å². The maximum Gasteiger partial charge on any atom is 0.294 e. The molecular formula is C30H46N2O7. The fourth-order valence-electron chi connectivity index (χ4n) is 5.21. The molecule has 0 aromatic heterocycles. The summed E-state index contributed by atoms with van der Waals surface area (Å²) >= 11 is 0. The lowest BCUT2D eigenvalue weighted by Gasteiger charge is -2.22. The van der Waals surface area contributed by atoms with Crippen molar-refractivity contribution in [1.82, 2.24) is 5.32 Å². The van der Waals surface area contributed by atoms with Crippen LogP contribution in [0.4, 0.5) is 0 Å².